The zero-order valence-electron chi connectivity index (χ0n) is 14.3. The highest BCUT2D eigenvalue weighted by Gasteiger charge is 2.22. The number of primary amides is 1. The van der Waals surface area contributed by atoms with E-state index in [2.05, 4.69) is 10.6 Å². The average molecular weight is 335 g/mol. The standard InChI is InChI=1S/C17H25N3O4/c1-17(2,3)24-16(23)20-10-13(15(22)19-11-14(18)21)9-12-7-5-4-6-8-12/h4-8,13H,9-11H2,1-3H3,(H2,18,21)(H,19,22)(H,20,23)/t13-/m1/s1. The minimum absolute atomic E-state index is 0.0917. The first-order valence-corrected chi connectivity index (χ1v) is 7.74. The molecule has 0 spiro atoms. The summed E-state index contributed by atoms with van der Waals surface area (Å²) >= 11 is 0. The van der Waals surface area contributed by atoms with Crippen LogP contribution in [0, 0.1) is 5.92 Å². The Morgan fingerprint density at radius 3 is 2.29 bits per heavy atom. The van der Waals surface area contributed by atoms with E-state index in [1.807, 2.05) is 30.3 Å². The van der Waals surface area contributed by atoms with Crippen LogP contribution in [0.4, 0.5) is 4.79 Å². The van der Waals surface area contributed by atoms with Gasteiger partial charge in [0.2, 0.25) is 11.8 Å². The molecular formula is C17H25N3O4. The van der Waals surface area contributed by atoms with E-state index in [1.54, 1.807) is 20.8 Å². The Morgan fingerprint density at radius 1 is 1.12 bits per heavy atom. The topological polar surface area (TPSA) is 111 Å². The number of nitrogens with one attached hydrogen (secondary N) is 2. The van der Waals surface area contributed by atoms with Gasteiger partial charge in [0.25, 0.3) is 0 Å². The van der Waals surface area contributed by atoms with Crippen molar-refractivity contribution in [3.8, 4) is 0 Å². The minimum Gasteiger partial charge on any atom is -0.444 e. The van der Waals surface area contributed by atoms with Gasteiger partial charge < -0.3 is 21.1 Å². The maximum atomic E-state index is 12.2. The predicted octanol–water partition coefficient (Wildman–Crippen LogP) is 0.972. The molecule has 0 bridgehead atoms. The van der Waals surface area contributed by atoms with E-state index in [9.17, 15) is 14.4 Å². The number of carbonyl (C=O) groups excluding carboxylic acids is 3. The van der Waals surface area contributed by atoms with Gasteiger partial charge in [-0.25, -0.2) is 4.79 Å². The quantitative estimate of drug-likeness (QED) is 0.689. The first kappa shape index (κ1) is 19.5. The van der Waals surface area contributed by atoms with Crippen molar-refractivity contribution in [3.63, 3.8) is 0 Å². The predicted molar refractivity (Wildman–Crippen MR) is 90.1 cm³/mol. The molecule has 0 aliphatic carbocycles. The second kappa shape index (κ2) is 8.90. The number of ether oxygens (including phenoxy) is 1. The Balaban J connectivity index is 2.68. The Kier molecular flexibility index (Phi) is 7.23. The van der Waals surface area contributed by atoms with Crippen molar-refractivity contribution < 1.29 is 19.1 Å². The molecule has 0 aliphatic rings. The number of carbonyl (C=O) groups is 3. The molecule has 1 atom stereocenters. The number of nitrogens with two attached hydrogens (primary N) is 1. The van der Waals surface area contributed by atoms with Crippen molar-refractivity contribution in [2.24, 2.45) is 11.7 Å². The summed E-state index contributed by atoms with van der Waals surface area (Å²) in [4.78, 5) is 34.8. The molecule has 3 amide bonds. The van der Waals surface area contributed by atoms with E-state index in [-0.39, 0.29) is 19.0 Å². The van der Waals surface area contributed by atoms with Crippen molar-refractivity contribution in [1.82, 2.24) is 10.6 Å². The third kappa shape index (κ3) is 8.17. The summed E-state index contributed by atoms with van der Waals surface area (Å²) in [5.41, 5.74) is 5.37. The lowest BCUT2D eigenvalue weighted by atomic mass is 9.98. The van der Waals surface area contributed by atoms with Crippen molar-refractivity contribution in [2.45, 2.75) is 32.8 Å². The first-order valence-electron chi connectivity index (χ1n) is 7.74. The van der Waals surface area contributed by atoms with Crippen LogP contribution >= 0.6 is 0 Å². The highest BCUT2D eigenvalue weighted by molar-refractivity contribution is 5.85. The van der Waals surface area contributed by atoms with Crippen LogP contribution in [0.2, 0.25) is 0 Å². The van der Waals surface area contributed by atoms with E-state index in [1.165, 1.54) is 0 Å². The normalized spacial score (nSPS) is 12.1. The Hall–Kier alpha value is -2.57. The van der Waals surface area contributed by atoms with Crippen LogP contribution in [-0.4, -0.2) is 36.6 Å². The summed E-state index contributed by atoms with van der Waals surface area (Å²) in [5.74, 6) is -1.52. The SMILES string of the molecule is CC(C)(C)OC(=O)NC[C@@H](Cc1ccccc1)C(=O)NCC(N)=O. The molecule has 7 nitrogen and oxygen atoms in total. The molecule has 132 valence electrons. The Labute approximate surface area is 141 Å². The van der Waals surface area contributed by atoms with Gasteiger partial charge in [-0.2, -0.15) is 0 Å². The lowest BCUT2D eigenvalue weighted by Gasteiger charge is -2.22. The fourth-order valence-electron chi connectivity index (χ4n) is 2.00. The summed E-state index contributed by atoms with van der Waals surface area (Å²) in [6.45, 7) is 5.12. The molecular weight excluding hydrogens is 310 g/mol. The molecule has 24 heavy (non-hydrogen) atoms. The van der Waals surface area contributed by atoms with Crippen LogP contribution in [0.15, 0.2) is 30.3 Å². The number of hydrogen-bond donors (Lipinski definition) is 3. The molecule has 1 rings (SSSR count). The molecule has 0 aliphatic heterocycles. The summed E-state index contributed by atoms with van der Waals surface area (Å²) in [5, 5.41) is 5.06. The third-order valence-corrected chi connectivity index (χ3v) is 3.02. The lowest BCUT2D eigenvalue weighted by Crippen LogP contribution is -2.43. The van der Waals surface area contributed by atoms with Gasteiger partial charge >= 0.3 is 6.09 Å². The van der Waals surface area contributed by atoms with Gasteiger partial charge in [-0.15, -0.1) is 0 Å². The summed E-state index contributed by atoms with van der Waals surface area (Å²) in [6.07, 6.45) is -0.176. The molecule has 1 aromatic rings. The lowest BCUT2D eigenvalue weighted by molar-refractivity contribution is -0.127. The largest absolute Gasteiger partial charge is 0.444 e. The third-order valence-electron chi connectivity index (χ3n) is 3.02. The van der Waals surface area contributed by atoms with Crippen molar-refractivity contribution in [3.05, 3.63) is 35.9 Å². The van der Waals surface area contributed by atoms with Crippen LogP contribution in [0.5, 0.6) is 0 Å². The number of benzene rings is 1. The van der Waals surface area contributed by atoms with Crippen LogP contribution in [0.25, 0.3) is 0 Å². The Morgan fingerprint density at radius 2 is 1.75 bits per heavy atom. The molecule has 1 aromatic carbocycles. The van der Waals surface area contributed by atoms with E-state index in [4.69, 9.17) is 10.5 Å². The molecule has 0 fully saturated rings. The fourth-order valence-corrected chi connectivity index (χ4v) is 2.00. The van der Waals surface area contributed by atoms with Gasteiger partial charge in [0.15, 0.2) is 0 Å². The second-order valence-electron chi connectivity index (χ2n) is 6.45. The van der Waals surface area contributed by atoms with E-state index in [0.717, 1.165) is 5.56 Å². The van der Waals surface area contributed by atoms with Gasteiger partial charge in [0, 0.05) is 6.54 Å². The van der Waals surface area contributed by atoms with Gasteiger partial charge in [0.05, 0.1) is 12.5 Å². The number of rotatable bonds is 7. The molecule has 4 N–H and O–H groups in total. The highest BCUT2D eigenvalue weighted by Crippen LogP contribution is 2.10. The van der Waals surface area contributed by atoms with E-state index in [0.29, 0.717) is 6.42 Å². The molecule has 0 heterocycles. The number of hydrogen-bond acceptors (Lipinski definition) is 4. The smallest absolute Gasteiger partial charge is 0.407 e. The highest BCUT2D eigenvalue weighted by atomic mass is 16.6. The summed E-state index contributed by atoms with van der Waals surface area (Å²) in [7, 11) is 0. The molecule has 0 unspecified atom stereocenters. The molecule has 0 saturated carbocycles. The summed E-state index contributed by atoms with van der Waals surface area (Å²) in [6, 6.07) is 9.40. The van der Waals surface area contributed by atoms with E-state index < -0.39 is 23.5 Å². The maximum Gasteiger partial charge on any atom is 0.407 e. The molecule has 7 heteroatoms. The second-order valence-corrected chi connectivity index (χ2v) is 6.45. The van der Waals surface area contributed by atoms with Crippen molar-refractivity contribution in [1.29, 1.82) is 0 Å². The summed E-state index contributed by atoms with van der Waals surface area (Å²) < 4.78 is 5.16. The zero-order chi connectivity index (χ0) is 18.2. The van der Waals surface area contributed by atoms with Gasteiger partial charge in [-0.05, 0) is 32.8 Å². The number of alkyl carbamates (subject to hydrolysis) is 1. The van der Waals surface area contributed by atoms with Crippen molar-refractivity contribution >= 4 is 17.9 Å². The van der Waals surface area contributed by atoms with Crippen LogP contribution in [-0.2, 0) is 20.7 Å². The van der Waals surface area contributed by atoms with Crippen LogP contribution in [0.1, 0.15) is 26.3 Å². The Bertz CT molecular complexity index is 567. The average Bonchev–Trinajstić information content (AvgIpc) is 2.48. The van der Waals surface area contributed by atoms with Crippen molar-refractivity contribution in [2.75, 3.05) is 13.1 Å². The molecule has 0 saturated heterocycles. The molecule has 0 aromatic heterocycles. The molecule has 0 radical (unpaired) electrons. The van der Waals surface area contributed by atoms with E-state index >= 15 is 0 Å². The van der Waals surface area contributed by atoms with Gasteiger partial charge in [-0.3, -0.25) is 9.59 Å². The number of amides is 3. The zero-order valence-corrected chi connectivity index (χ0v) is 14.3. The van der Waals surface area contributed by atoms with Gasteiger partial charge in [0.1, 0.15) is 5.60 Å². The van der Waals surface area contributed by atoms with Crippen LogP contribution in [0.3, 0.4) is 0 Å². The first-order chi connectivity index (χ1) is 11.2. The fraction of sp³-hybridized carbons (Fsp3) is 0.471. The minimum atomic E-state index is -0.623. The maximum absolute atomic E-state index is 12.2. The van der Waals surface area contributed by atoms with Gasteiger partial charge in [-0.1, -0.05) is 30.3 Å². The monoisotopic (exact) mass is 335 g/mol. The van der Waals surface area contributed by atoms with Crippen LogP contribution < -0.4 is 16.4 Å².